The van der Waals surface area contributed by atoms with Gasteiger partial charge in [-0.15, -0.1) is 0 Å². The van der Waals surface area contributed by atoms with Gasteiger partial charge in [-0.3, -0.25) is 9.59 Å². The molecule has 0 saturated carbocycles. The van der Waals surface area contributed by atoms with Crippen LogP contribution >= 0.6 is 0 Å². The third kappa shape index (κ3) is 5.12. The summed E-state index contributed by atoms with van der Waals surface area (Å²) < 4.78 is 42.9. The molecule has 1 heterocycles. The van der Waals surface area contributed by atoms with Crippen LogP contribution in [0.4, 0.5) is 14.5 Å². The molecule has 164 valence electrons. The lowest BCUT2D eigenvalue weighted by atomic mass is 10.2. The maximum Gasteiger partial charge on any atom is 0.254 e. The smallest absolute Gasteiger partial charge is 0.254 e. The number of hydrogen-bond acceptors (Lipinski definition) is 5. The summed E-state index contributed by atoms with van der Waals surface area (Å²) >= 11 is 0. The van der Waals surface area contributed by atoms with E-state index in [1.165, 1.54) is 0 Å². The summed E-state index contributed by atoms with van der Waals surface area (Å²) in [5.41, 5.74) is 0.962. The number of amides is 2. The van der Waals surface area contributed by atoms with Gasteiger partial charge < -0.3 is 24.8 Å². The molecule has 0 unspecified atom stereocenters. The van der Waals surface area contributed by atoms with Crippen LogP contribution in [-0.2, 0) is 11.4 Å². The van der Waals surface area contributed by atoms with E-state index in [0.717, 1.165) is 17.7 Å². The molecule has 0 saturated heterocycles. The molecular weight excluding hydrogens is 422 g/mol. The van der Waals surface area contributed by atoms with Crippen molar-refractivity contribution in [1.82, 2.24) is 5.32 Å². The maximum absolute atomic E-state index is 13.7. The van der Waals surface area contributed by atoms with Crippen LogP contribution in [0, 0.1) is 11.6 Å². The summed E-state index contributed by atoms with van der Waals surface area (Å²) in [6, 6.07) is 14.9. The van der Waals surface area contributed by atoms with Gasteiger partial charge >= 0.3 is 0 Å². The van der Waals surface area contributed by atoms with Crippen molar-refractivity contribution < 1.29 is 32.6 Å². The third-order valence-corrected chi connectivity index (χ3v) is 4.55. The number of fused-ring (bicyclic) bond motifs is 1. The third-order valence-electron chi connectivity index (χ3n) is 4.55. The molecule has 3 aromatic carbocycles. The molecule has 0 aromatic heterocycles. The Hall–Kier alpha value is -4.14. The van der Waals surface area contributed by atoms with Crippen LogP contribution in [0.5, 0.6) is 17.2 Å². The lowest BCUT2D eigenvalue weighted by Crippen LogP contribution is -2.33. The summed E-state index contributed by atoms with van der Waals surface area (Å²) in [6.45, 7) is 0.0529. The molecule has 0 bridgehead atoms. The minimum atomic E-state index is -1.00. The molecule has 1 aliphatic heterocycles. The van der Waals surface area contributed by atoms with Gasteiger partial charge in [0.05, 0.1) is 12.1 Å². The minimum Gasteiger partial charge on any atom is -0.489 e. The van der Waals surface area contributed by atoms with Gasteiger partial charge in [0, 0.05) is 17.8 Å². The maximum atomic E-state index is 13.7. The van der Waals surface area contributed by atoms with Gasteiger partial charge in [0.1, 0.15) is 24.0 Å². The Bertz CT molecular complexity index is 1170. The second kappa shape index (κ2) is 9.34. The molecule has 0 radical (unpaired) electrons. The van der Waals surface area contributed by atoms with E-state index >= 15 is 0 Å². The fourth-order valence-corrected chi connectivity index (χ4v) is 3.01. The summed E-state index contributed by atoms with van der Waals surface area (Å²) in [4.78, 5) is 24.1. The van der Waals surface area contributed by atoms with Crippen molar-refractivity contribution in [1.29, 1.82) is 0 Å². The zero-order valence-corrected chi connectivity index (χ0v) is 16.7. The lowest BCUT2D eigenvalue weighted by molar-refractivity contribution is -0.115. The van der Waals surface area contributed by atoms with Crippen molar-refractivity contribution in [2.24, 2.45) is 0 Å². The van der Waals surface area contributed by atoms with Gasteiger partial charge in [0.2, 0.25) is 12.7 Å². The van der Waals surface area contributed by atoms with Gasteiger partial charge in [0.25, 0.3) is 5.91 Å². The molecule has 0 atom stereocenters. The summed E-state index contributed by atoms with van der Waals surface area (Å²) in [5, 5.41) is 4.95. The summed E-state index contributed by atoms with van der Waals surface area (Å²) in [5.74, 6) is -1.22. The first-order valence-corrected chi connectivity index (χ1v) is 9.62. The second-order valence-electron chi connectivity index (χ2n) is 6.86. The van der Waals surface area contributed by atoms with Crippen molar-refractivity contribution in [3.8, 4) is 17.2 Å². The molecule has 2 N–H and O–H groups in total. The fourth-order valence-electron chi connectivity index (χ4n) is 3.01. The first-order chi connectivity index (χ1) is 15.5. The van der Waals surface area contributed by atoms with E-state index in [1.807, 2.05) is 6.07 Å². The highest BCUT2D eigenvalue weighted by Gasteiger charge is 2.15. The molecule has 7 nitrogen and oxygen atoms in total. The average Bonchev–Trinajstić information content (AvgIpc) is 3.24. The van der Waals surface area contributed by atoms with Crippen LogP contribution in [0.1, 0.15) is 15.9 Å². The van der Waals surface area contributed by atoms with Crippen LogP contribution in [0.3, 0.4) is 0 Å². The lowest BCUT2D eigenvalue weighted by Gasteiger charge is -2.10. The molecule has 0 aliphatic carbocycles. The van der Waals surface area contributed by atoms with Crippen molar-refractivity contribution >= 4 is 17.5 Å². The van der Waals surface area contributed by atoms with E-state index in [1.54, 1.807) is 36.4 Å². The number of carbonyl (C=O) groups is 2. The van der Waals surface area contributed by atoms with Crippen LogP contribution in [-0.4, -0.2) is 25.2 Å². The van der Waals surface area contributed by atoms with Gasteiger partial charge in [-0.05, 0) is 42.0 Å². The molecule has 9 heteroatoms. The van der Waals surface area contributed by atoms with Crippen molar-refractivity contribution in [3.63, 3.8) is 0 Å². The molecule has 0 fully saturated rings. The number of carbonyl (C=O) groups excluding carboxylic acids is 2. The van der Waals surface area contributed by atoms with E-state index in [9.17, 15) is 18.4 Å². The first kappa shape index (κ1) is 21.1. The van der Waals surface area contributed by atoms with Gasteiger partial charge in [0.15, 0.2) is 11.5 Å². The van der Waals surface area contributed by atoms with Crippen LogP contribution < -0.4 is 24.8 Å². The predicted molar refractivity (Wildman–Crippen MR) is 111 cm³/mol. The Morgan fingerprint density at radius 3 is 2.66 bits per heavy atom. The average molecular weight is 440 g/mol. The van der Waals surface area contributed by atoms with Crippen molar-refractivity contribution in [3.05, 3.63) is 83.4 Å². The Morgan fingerprint density at radius 1 is 0.969 bits per heavy atom. The highest BCUT2D eigenvalue weighted by molar-refractivity contribution is 5.99. The number of halogens is 2. The fraction of sp³-hybridized carbons (Fsp3) is 0.130. The molecule has 1 aliphatic rings. The van der Waals surface area contributed by atoms with E-state index in [4.69, 9.17) is 14.2 Å². The van der Waals surface area contributed by atoms with E-state index in [-0.39, 0.29) is 25.5 Å². The van der Waals surface area contributed by atoms with Crippen LogP contribution in [0.15, 0.2) is 60.7 Å². The zero-order valence-electron chi connectivity index (χ0n) is 16.7. The number of anilines is 1. The van der Waals surface area contributed by atoms with Crippen molar-refractivity contribution in [2.75, 3.05) is 18.7 Å². The van der Waals surface area contributed by atoms with Gasteiger partial charge in [-0.1, -0.05) is 12.1 Å². The van der Waals surface area contributed by atoms with Gasteiger partial charge in [-0.2, -0.15) is 0 Å². The standard InChI is InChI=1S/C23H18F2N2O5/c24-15-4-6-18(19(25)9-15)23(29)26-11-22(28)27-16-3-1-2-14(8-16)12-30-17-5-7-20-21(10-17)32-13-31-20/h1-10H,11-13H2,(H,26,29)(H,27,28). The topological polar surface area (TPSA) is 85.9 Å². The van der Waals surface area contributed by atoms with Crippen LogP contribution in [0.25, 0.3) is 0 Å². The predicted octanol–water partition coefficient (Wildman–Crippen LogP) is 3.64. The first-order valence-electron chi connectivity index (χ1n) is 9.62. The zero-order chi connectivity index (χ0) is 22.5. The second-order valence-corrected chi connectivity index (χ2v) is 6.86. The monoisotopic (exact) mass is 440 g/mol. The Labute approximate surface area is 181 Å². The van der Waals surface area contributed by atoms with E-state index in [2.05, 4.69) is 10.6 Å². The number of ether oxygens (including phenoxy) is 3. The molecule has 2 amide bonds. The summed E-state index contributed by atoms with van der Waals surface area (Å²) in [7, 11) is 0. The number of nitrogens with one attached hydrogen (secondary N) is 2. The van der Waals surface area contributed by atoms with Gasteiger partial charge in [-0.25, -0.2) is 8.78 Å². The van der Waals surface area contributed by atoms with E-state index < -0.39 is 23.4 Å². The Kier molecular flexibility index (Phi) is 6.16. The molecule has 3 aromatic rings. The SMILES string of the molecule is O=C(CNC(=O)c1ccc(F)cc1F)Nc1cccc(COc2ccc3c(c2)OCO3)c1. The number of hydrogen-bond donors (Lipinski definition) is 2. The highest BCUT2D eigenvalue weighted by atomic mass is 19.1. The molecular formula is C23H18F2N2O5. The Balaban J connectivity index is 1.29. The molecule has 32 heavy (non-hydrogen) atoms. The van der Waals surface area contributed by atoms with Crippen molar-refractivity contribution in [2.45, 2.75) is 6.61 Å². The summed E-state index contributed by atoms with van der Waals surface area (Å²) in [6.07, 6.45) is 0. The number of rotatable bonds is 7. The highest BCUT2D eigenvalue weighted by Crippen LogP contribution is 2.35. The van der Waals surface area contributed by atoms with Crippen LogP contribution in [0.2, 0.25) is 0 Å². The normalized spacial score (nSPS) is 11.7. The minimum absolute atomic E-state index is 0.180. The number of benzene rings is 3. The van der Waals surface area contributed by atoms with E-state index in [0.29, 0.717) is 29.0 Å². The Morgan fingerprint density at radius 2 is 1.81 bits per heavy atom. The quantitative estimate of drug-likeness (QED) is 0.586. The molecule has 4 rings (SSSR count). The largest absolute Gasteiger partial charge is 0.489 e. The molecule has 0 spiro atoms.